The smallest absolute Gasteiger partial charge is 0.337 e. The SMILES string of the molecule is CC1=C(C(=O)OCc2ccccc2)C(c2cccc3ccccc23)c2c(n[nH]c2-c2cccs2)N1. The molecule has 0 aliphatic carbocycles. The van der Waals surface area contributed by atoms with E-state index in [-0.39, 0.29) is 18.5 Å². The number of allylic oxidation sites excluding steroid dienone is 1. The van der Waals surface area contributed by atoms with Crippen molar-refractivity contribution in [2.45, 2.75) is 19.4 Å². The summed E-state index contributed by atoms with van der Waals surface area (Å²) in [5.41, 5.74) is 5.23. The molecule has 0 amide bonds. The highest BCUT2D eigenvalue weighted by Gasteiger charge is 2.38. The third-order valence-electron chi connectivity index (χ3n) is 6.43. The number of carbonyl (C=O) groups is 1. The van der Waals surface area contributed by atoms with Gasteiger partial charge in [-0.05, 0) is 40.3 Å². The second-order valence-corrected chi connectivity index (χ2v) is 9.51. The summed E-state index contributed by atoms with van der Waals surface area (Å²) in [5, 5.41) is 15.4. The number of aromatic amines is 1. The molecule has 5 nitrogen and oxygen atoms in total. The number of ether oxygens (including phenoxy) is 1. The number of aromatic nitrogens is 2. The quantitative estimate of drug-likeness (QED) is 0.271. The van der Waals surface area contributed by atoms with E-state index in [0.29, 0.717) is 5.57 Å². The van der Waals surface area contributed by atoms with Gasteiger partial charge >= 0.3 is 5.97 Å². The summed E-state index contributed by atoms with van der Waals surface area (Å²) >= 11 is 1.64. The number of hydrogen-bond acceptors (Lipinski definition) is 5. The molecule has 1 aliphatic rings. The van der Waals surface area contributed by atoms with Gasteiger partial charge in [0, 0.05) is 17.2 Å². The molecular weight excluding hydrogens is 454 g/mol. The highest BCUT2D eigenvalue weighted by Crippen LogP contribution is 2.47. The number of anilines is 1. The van der Waals surface area contributed by atoms with Crippen LogP contribution >= 0.6 is 11.3 Å². The molecule has 0 radical (unpaired) electrons. The van der Waals surface area contributed by atoms with Gasteiger partial charge in [0.2, 0.25) is 0 Å². The van der Waals surface area contributed by atoms with Crippen LogP contribution in [0.5, 0.6) is 0 Å². The van der Waals surface area contributed by atoms with E-state index in [2.05, 4.69) is 45.8 Å². The van der Waals surface area contributed by atoms with Crippen molar-refractivity contribution in [1.29, 1.82) is 0 Å². The first kappa shape index (κ1) is 21.4. The molecule has 0 bridgehead atoms. The molecule has 0 fully saturated rings. The maximum absolute atomic E-state index is 13.7. The minimum absolute atomic E-state index is 0.217. The van der Waals surface area contributed by atoms with E-state index in [1.165, 1.54) is 0 Å². The molecular formula is C29H23N3O2S. The van der Waals surface area contributed by atoms with Crippen molar-refractivity contribution in [1.82, 2.24) is 10.2 Å². The van der Waals surface area contributed by atoms with Gasteiger partial charge < -0.3 is 10.1 Å². The standard InChI is InChI=1S/C29H23N3O2S/c1-18-24(29(33)34-17-19-9-3-2-4-10-19)25(22-14-7-12-20-11-5-6-13-21(20)22)26-27(23-15-8-16-35-23)31-32-28(26)30-18/h2-16,25H,17H2,1H3,(H2,30,31,32). The van der Waals surface area contributed by atoms with Crippen molar-refractivity contribution in [3.8, 4) is 10.6 Å². The summed E-state index contributed by atoms with van der Waals surface area (Å²) in [4.78, 5) is 14.8. The van der Waals surface area contributed by atoms with Crippen LogP contribution in [0.1, 0.15) is 29.5 Å². The van der Waals surface area contributed by atoms with Gasteiger partial charge in [-0.15, -0.1) is 11.3 Å². The zero-order valence-electron chi connectivity index (χ0n) is 19.1. The maximum atomic E-state index is 13.7. The molecule has 3 heterocycles. The Morgan fingerprint density at radius 2 is 1.77 bits per heavy atom. The number of carbonyl (C=O) groups excluding carboxylic acids is 1. The first-order valence-electron chi connectivity index (χ1n) is 11.5. The molecule has 5 aromatic rings. The summed E-state index contributed by atoms with van der Waals surface area (Å²) in [6.07, 6.45) is 0. The van der Waals surface area contributed by atoms with Gasteiger partial charge in [-0.1, -0.05) is 78.9 Å². The molecule has 0 spiro atoms. The highest BCUT2D eigenvalue weighted by atomic mass is 32.1. The largest absolute Gasteiger partial charge is 0.457 e. The van der Waals surface area contributed by atoms with Crippen LogP contribution in [0.3, 0.4) is 0 Å². The number of benzene rings is 3. The van der Waals surface area contributed by atoms with Crippen LogP contribution in [0.25, 0.3) is 21.3 Å². The van der Waals surface area contributed by atoms with Gasteiger partial charge in [-0.2, -0.15) is 5.10 Å². The van der Waals surface area contributed by atoms with Crippen molar-refractivity contribution in [3.63, 3.8) is 0 Å². The van der Waals surface area contributed by atoms with Gasteiger partial charge in [0.25, 0.3) is 0 Å². The number of nitrogens with zero attached hydrogens (tertiary/aromatic N) is 1. The van der Waals surface area contributed by atoms with Crippen LogP contribution < -0.4 is 5.32 Å². The summed E-state index contributed by atoms with van der Waals surface area (Å²) < 4.78 is 5.86. The van der Waals surface area contributed by atoms with E-state index in [9.17, 15) is 4.79 Å². The minimum Gasteiger partial charge on any atom is -0.457 e. The monoisotopic (exact) mass is 477 g/mol. The fraction of sp³-hybridized carbons (Fsp3) is 0.103. The third-order valence-corrected chi connectivity index (χ3v) is 7.31. The van der Waals surface area contributed by atoms with Crippen LogP contribution in [0.4, 0.5) is 5.82 Å². The summed E-state index contributed by atoms with van der Waals surface area (Å²) in [6, 6.07) is 28.4. The zero-order valence-corrected chi connectivity index (χ0v) is 19.9. The number of H-pyrrole nitrogens is 1. The Morgan fingerprint density at radius 3 is 2.60 bits per heavy atom. The Kier molecular flexibility index (Phi) is 5.43. The minimum atomic E-state index is -0.337. The first-order chi connectivity index (χ1) is 17.2. The highest BCUT2D eigenvalue weighted by molar-refractivity contribution is 7.13. The van der Waals surface area contributed by atoms with Crippen molar-refractivity contribution < 1.29 is 9.53 Å². The Morgan fingerprint density at radius 1 is 0.971 bits per heavy atom. The van der Waals surface area contributed by atoms with E-state index >= 15 is 0 Å². The summed E-state index contributed by atoms with van der Waals surface area (Å²) in [6.45, 7) is 2.13. The topological polar surface area (TPSA) is 67.0 Å². The lowest BCUT2D eigenvalue weighted by Crippen LogP contribution is -2.24. The molecule has 35 heavy (non-hydrogen) atoms. The number of hydrogen-bond donors (Lipinski definition) is 2. The molecule has 1 atom stereocenters. The van der Waals surface area contributed by atoms with Crippen LogP contribution in [-0.4, -0.2) is 16.2 Å². The summed E-state index contributed by atoms with van der Waals surface area (Å²) in [5.74, 6) is 0.0701. The molecule has 172 valence electrons. The van der Waals surface area contributed by atoms with Gasteiger partial charge in [-0.3, -0.25) is 5.10 Å². The van der Waals surface area contributed by atoms with Gasteiger partial charge in [0.05, 0.1) is 16.1 Å². The lowest BCUT2D eigenvalue weighted by atomic mass is 9.79. The molecule has 1 aliphatic heterocycles. The van der Waals surface area contributed by atoms with E-state index in [0.717, 1.165) is 49.5 Å². The molecule has 2 aromatic heterocycles. The predicted molar refractivity (Wildman–Crippen MR) is 140 cm³/mol. The Labute approximate surface area is 207 Å². The third kappa shape index (κ3) is 3.82. The van der Waals surface area contributed by atoms with Gasteiger partial charge in [0.15, 0.2) is 5.82 Å². The van der Waals surface area contributed by atoms with Crippen molar-refractivity contribution in [2.24, 2.45) is 0 Å². The van der Waals surface area contributed by atoms with Crippen LogP contribution in [0.15, 0.2) is 102 Å². The Hall–Kier alpha value is -4.16. The number of rotatable bonds is 5. The zero-order chi connectivity index (χ0) is 23.8. The molecule has 1 unspecified atom stereocenters. The molecule has 2 N–H and O–H groups in total. The average Bonchev–Trinajstić information content (AvgIpc) is 3.57. The lowest BCUT2D eigenvalue weighted by molar-refractivity contribution is -0.140. The fourth-order valence-electron chi connectivity index (χ4n) is 4.83. The molecule has 0 saturated carbocycles. The Balaban J connectivity index is 1.51. The number of nitrogens with one attached hydrogen (secondary N) is 2. The second-order valence-electron chi connectivity index (χ2n) is 8.56. The maximum Gasteiger partial charge on any atom is 0.337 e. The van der Waals surface area contributed by atoms with Crippen LogP contribution in [-0.2, 0) is 16.1 Å². The molecule has 6 rings (SSSR count). The predicted octanol–water partition coefficient (Wildman–Crippen LogP) is 6.87. The van der Waals surface area contributed by atoms with Crippen molar-refractivity contribution >= 4 is 33.9 Å². The van der Waals surface area contributed by atoms with Crippen LogP contribution in [0.2, 0.25) is 0 Å². The van der Waals surface area contributed by atoms with Crippen molar-refractivity contribution in [3.05, 3.63) is 118 Å². The molecule has 6 heteroatoms. The number of thiophene rings is 1. The van der Waals surface area contributed by atoms with Gasteiger partial charge in [0.1, 0.15) is 6.61 Å². The van der Waals surface area contributed by atoms with E-state index in [4.69, 9.17) is 4.74 Å². The fourth-order valence-corrected chi connectivity index (χ4v) is 5.56. The normalized spacial score (nSPS) is 15.1. The molecule has 0 saturated heterocycles. The van der Waals surface area contributed by atoms with Crippen molar-refractivity contribution in [2.75, 3.05) is 5.32 Å². The average molecular weight is 478 g/mol. The van der Waals surface area contributed by atoms with E-state index in [1.54, 1.807) is 11.3 Å². The molecule has 3 aromatic carbocycles. The Bertz CT molecular complexity index is 1550. The number of fused-ring (bicyclic) bond motifs is 2. The lowest BCUT2D eigenvalue weighted by Gasteiger charge is -2.29. The second kappa shape index (κ2) is 8.89. The number of esters is 1. The summed E-state index contributed by atoms with van der Waals surface area (Å²) in [7, 11) is 0. The van der Waals surface area contributed by atoms with Crippen LogP contribution in [0, 0.1) is 0 Å². The van der Waals surface area contributed by atoms with E-state index in [1.807, 2.05) is 66.9 Å². The van der Waals surface area contributed by atoms with E-state index < -0.39 is 0 Å². The first-order valence-corrected chi connectivity index (χ1v) is 12.4. The van der Waals surface area contributed by atoms with Gasteiger partial charge in [-0.25, -0.2) is 4.79 Å².